The van der Waals surface area contributed by atoms with Crippen LogP contribution in [0, 0.1) is 0 Å². The summed E-state index contributed by atoms with van der Waals surface area (Å²) in [6.07, 6.45) is 3.43. The van der Waals surface area contributed by atoms with Crippen LogP contribution in [0.4, 0.5) is 0 Å². The van der Waals surface area contributed by atoms with Crippen LogP contribution in [0.5, 0.6) is 0 Å². The molecule has 0 aliphatic carbocycles. The number of carbonyl (C=O) groups is 3. The van der Waals surface area contributed by atoms with Crippen molar-refractivity contribution in [3.63, 3.8) is 0 Å². The summed E-state index contributed by atoms with van der Waals surface area (Å²) in [6.45, 7) is 1.51. The summed E-state index contributed by atoms with van der Waals surface area (Å²) in [7, 11) is 1.69. The molecule has 0 bridgehead atoms. The molecule has 0 saturated carbocycles. The van der Waals surface area contributed by atoms with E-state index in [2.05, 4.69) is 23.5 Å². The topological polar surface area (TPSA) is 103 Å². The normalized spacial score (nSPS) is 21.5. The number of hydrogen-bond donors (Lipinski definition) is 1. The number of amides is 3. The lowest BCUT2D eigenvalue weighted by atomic mass is 10.0. The first-order valence-corrected chi connectivity index (χ1v) is 13.1. The van der Waals surface area contributed by atoms with Gasteiger partial charge in [0, 0.05) is 43.4 Å². The van der Waals surface area contributed by atoms with E-state index in [1.165, 1.54) is 0 Å². The largest absolute Gasteiger partial charge is 0.380 e. The molecule has 2 unspecified atom stereocenters. The van der Waals surface area contributed by atoms with Crippen LogP contribution < -0.4 is 5.32 Å². The number of aromatic nitrogens is 2. The fraction of sp³-hybridized carbons (Fsp3) is 0.379. The average Bonchev–Trinajstić information content (AvgIpc) is 3.51. The highest BCUT2D eigenvalue weighted by Gasteiger charge is 2.39. The number of nitrogens with zero attached hydrogens (tertiary/aromatic N) is 3. The Bertz CT molecular complexity index is 1410. The van der Waals surface area contributed by atoms with Gasteiger partial charge in [-0.2, -0.15) is 5.10 Å². The minimum Gasteiger partial charge on any atom is -0.380 e. The predicted octanol–water partition coefficient (Wildman–Crippen LogP) is 3.82. The van der Waals surface area contributed by atoms with Crippen molar-refractivity contribution in [2.45, 2.75) is 57.5 Å². The number of methoxy groups -OCH3 is 1. The van der Waals surface area contributed by atoms with Crippen molar-refractivity contribution in [2.24, 2.45) is 0 Å². The van der Waals surface area contributed by atoms with E-state index in [-0.39, 0.29) is 24.5 Å². The van der Waals surface area contributed by atoms with Crippen molar-refractivity contribution < 1.29 is 23.9 Å². The Hall–Kier alpha value is -3.82. The molecule has 3 aliphatic rings. The van der Waals surface area contributed by atoms with Gasteiger partial charge < -0.3 is 14.4 Å². The Morgan fingerprint density at radius 3 is 2.71 bits per heavy atom. The fourth-order valence-corrected chi connectivity index (χ4v) is 5.66. The maximum Gasteiger partial charge on any atom is 0.255 e. The average molecular weight is 515 g/mol. The molecule has 3 aliphatic heterocycles. The highest BCUT2D eigenvalue weighted by molar-refractivity contribution is 6.05. The van der Waals surface area contributed by atoms with Gasteiger partial charge in [0.25, 0.3) is 5.91 Å². The van der Waals surface area contributed by atoms with Gasteiger partial charge in [-0.05, 0) is 55.0 Å². The van der Waals surface area contributed by atoms with Gasteiger partial charge in [-0.1, -0.05) is 30.3 Å². The fourth-order valence-electron chi connectivity index (χ4n) is 5.66. The smallest absolute Gasteiger partial charge is 0.255 e. The van der Waals surface area contributed by atoms with Crippen LogP contribution in [0.25, 0.3) is 22.5 Å². The van der Waals surface area contributed by atoms with E-state index < -0.39 is 11.9 Å². The molecule has 3 amide bonds. The Morgan fingerprint density at radius 1 is 1.05 bits per heavy atom. The third-order valence-electron chi connectivity index (χ3n) is 7.58. The summed E-state index contributed by atoms with van der Waals surface area (Å²) in [5.74, 6) is -0.886. The SMILES string of the molecule is COCc1ccccc1-c1cc(-c2ccc3c(c2)CN(C2CCC(=O)NC2=O)C3=O)nn1C1CCCCO1. The van der Waals surface area contributed by atoms with E-state index in [9.17, 15) is 14.4 Å². The number of carbonyl (C=O) groups excluding carboxylic acids is 3. The second-order valence-corrected chi connectivity index (χ2v) is 10.0. The van der Waals surface area contributed by atoms with Gasteiger partial charge in [-0.3, -0.25) is 19.7 Å². The number of rotatable bonds is 6. The summed E-state index contributed by atoms with van der Waals surface area (Å²) in [5.41, 5.74) is 6.18. The van der Waals surface area contributed by atoms with Crippen molar-refractivity contribution in [2.75, 3.05) is 13.7 Å². The monoisotopic (exact) mass is 514 g/mol. The van der Waals surface area contributed by atoms with Crippen LogP contribution in [0.2, 0.25) is 0 Å². The Balaban J connectivity index is 1.36. The Kier molecular flexibility index (Phi) is 6.55. The zero-order valence-corrected chi connectivity index (χ0v) is 21.3. The second kappa shape index (κ2) is 10.2. The molecule has 0 radical (unpaired) electrons. The van der Waals surface area contributed by atoms with Crippen LogP contribution >= 0.6 is 0 Å². The zero-order chi connectivity index (χ0) is 26.2. The van der Waals surface area contributed by atoms with Crippen molar-refractivity contribution in [3.05, 3.63) is 65.2 Å². The molecule has 2 saturated heterocycles. The molecule has 4 heterocycles. The van der Waals surface area contributed by atoms with Gasteiger partial charge in [-0.15, -0.1) is 0 Å². The van der Waals surface area contributed by atoms with Gasteiger partial charge >= 0.3 is 0 Å². The molecule has 38 heavy (non-hydrogen) atoms. The minimum absolute atomic E-state index is 0.151. The molecule has 1 aromatic heterocycles. The first-order valence-electron chi connectivity index (χ1n) is 13.1. The van der Waals surface area contributed by atoms with Crippen molar-refractivity contribution in [1.82, 2.24) is 20.0 Å². The van der Waals surface area contributed by atoms with Gasteiger partial charge in [0.15, 0.2) is 6.23 Å². The number of piperidine rings is 1. The molecule has 2 fully saturated rings. The molecule has 3 aromatic rings. The van der Waals surface area contributed by atoms with Crippen LogP contribution in [-0.2, 0) is 32.2 Å². The maximum atomic E-state index is 13.1. The predicted molar refractivity (Wildman–Crippen MR) is 139 cm³/mol. The first kappa shape index (κ1) is 24.5. The first-order chi connectivity index (χ1) is 18.5. The van der Waals surface area contributed by atoms with E-state index in [1.54, 1.807) is 12.0 Å². The second-order valence-electron chi connectivity index (χ2n) is 10.0. The molecule has 0 spiro atoms. The van der Waals surface area contributed by atoms with Gasteiger partial charge in [-0.25, -0.2) is 4.68 Å². The van der Waals surface area contributed by atoms with Crippen LogP contribution in [0.3, 0.4) is 0 Å². The highest BCUT2D eigenvalue weighted by atomic mass is 16.5. The van der Waals surface area contributed by atoms with Crippen molar-refractivity contribution >= 4 is 17.7 Å². The van der Waals surface area contributed by atoms with Gasteiger partial charge in [0.2, 0.25) is 11.8 Å². The molecule has 2 aromatic carbocycles. The lowest BCUT2D eigenvalue weighted by Crippen LogP contribution is -2.52. The number of benzene rings is 2. The molecule has 196 valence electrons. The third kappa shape index (κ3) is 4.41. The quantitative estimate of drug-likeness (QED) is 0.502. The molecular weight excluding hydrogens is 484 g/mol. The summed E-state index contributed by atoms with van der Waals surface area (Å²) < 4.78 is 13.6. The molecule has 9 heteroatoms. The number of imide groups is 1. The molecule has 9 nitrogen and oxygen atoms in total. The van der Waals surface area contributed by atoms with Crippen LogP contribution in [-0.4, -0.2) is 52.2 Å². The minimum atomic E-state index is -0.636. The molecule has 6 rings (SSSR count). The zero-order valence-electron chi connectivity index (χ0n) is 21.3. The summed E-state index contributed by atoms with van der Waals surface area (Å²) in [5, 5.41) is 7.36. The van der Waals surface area contributed by atoms with E-state index in [4.69, 9.17) is 14.6 Å². The molecule has 1 N–H and O–H groups in total. The van der Waals surface area contributed by atoms with Crippen molar-refractivity contribution in [3.8, 4) is 22.5 Å². The standard InChI is InChI=1S/C29H30N4O5/c1-37-17-19-6-2-3-7-21(19)25-15-23(31-33(25)27-8-4-5-13-38-27)18-9-10-22-20(14-18)16-32(29(22)36)24-11-12-26(34)30-28(24)35/h2-3,6-7,9-10,14-15,24,27H,4-5,8,11-13,16-17H2,1H3,(H,30,34,35). The Labute approximate surface area is 220 Å². The maximum absolute atomic E-state index is 13.1. The summed E-state index contributed by atoms with van der Waals surface area (Å²) in [6, 6.07) is 15.3. The lowest BCUT2D eigenvalue weighted by molar-refractivity contribution is -0.136. The number of ether oxygens (including phenoxy) is 2. The van der Waals surface area contributed by atoms with E-state index in [0.29, 0.717) is 31.7 Å². The highest BCUT2D eigenvalue weighted by Crippen LogP contribution is 2.36. The van der Waals surface area contributed by atoms with Crippen molar-refractivity contribution in [1.29, 1.82) is 0 Å². The summed E-state index contributed by atoms with van der Waals surface area (Å²) in [4.78, 5) is 38.7. The number of nitrogens with one attached hydrogen (secondary N) is 1. The van der Waals surface area contributed by atoms with Crippen LogP contribution in [0.1, 0.15) is 59.8 Å². The summed E-state index contributed by atoms with van der Waals surface area (Å²) >= 11 is 0. The van der Waals surface area contributed by atoms with Gasteiger partial charge in [0.05, 0.1) is 18.0 Å². The lowest BCUT2D eigenvalue weighted by Gasteiger charge is -2.29. The van der Waals surface area contributed by atoms with E-state index >= 15 is 0 Å². The third-order valence-corrected chi connectivity index (χ3v) is 7.58. The van der Waals surface area contributed by atoms with E-state index in [0.717, 1.165) is 52.9 Å². The Morgan fingerprint density at radius 2 is 1.92 bits per heavy atom. The van der Waals surface area contributed by atoms with E-state index in [1.807, 2.05) is 35.0 Å². The van der Waals surface area contributed by atoms with Crippen LogP contribution in [0.15, 0.2) is 48.5 Å². The molecular formula is C29H30N4O5. The molecule has 2 atom stereocenters. The van der Waals surface area contributed by atoms with Gasteiger partial charge in [0.1, 0.15) is 6.04 Å². The number of hydrogen-bond acceptors (Lipinski definition) is 6. The number of fused-ring (bicyclic) bond motifs is 1.